The molecule has 3 rings (SSSR count). The Bertz CT molecular complexity index is 1190. The van der Waals surface area contributed by atoms with Gasteiger partial charge in [0.15, 0.2) is 0 Å². The Kier molecular flexibility index (Phi) is 9.50. The number of halogens is 1. The van der Waals surface area contributed by atoms with E-state index in [-0.39, 0.29) is 41.6 Å². The second-order valence-electron chi connectivity index (χ2n) is 9.76. The minimum Gasteiger partial charge on any atom is -0.487 e. The monoisotopic (exact) mass is 517 g/mol. The van der Waals surface area contributed by atoms with Crippen molar-refractivity contribution < 1.29 is 22.7 Å². The SMILES string of the molecule is C[C@H]1CN([C@@H](C)CO)S(=O)(=O)c2ccc(C#CCN(C)C)cc2O[C@H]1CN(C)Cc1ccc(F)cc1. The highest BCUT2D eigenvalue weighted by Crippen LogP contribution is 2.34. The number of rotatable bonds is 7. The predicted octanol–water partition coefficient (Wildman–Crippen LogP) is 2.64. The van der Waals surface area contributed by atoms with Gasteiger partial charge in [0, 0.05) is 37.2 Å². The zero-order chi connectivity index (χ0) is 26.5. The number of ether oxygens (including phenoxy) is 1. The van der Waals surface area contributed by atoms with E-state index in [0.717, 1.165) is 5.56 Å². The van der Waals surface area contributed by atoms with Crippen LogP contribution < -0.4 is 4.74 Å². The number of hydrogen-bond donors (Lipinski definition) is 1. The lowest BCUT2D eigenvalue weighted by molar-refractivity contribution is 0.0733. The molecule has 0 bridgehead atoms. The lowest BCUT2D eigenvalue weighted by atomic mass is 10.0. The standard InChI is InChI=1S/C27H36FN3O4S/c1-20-16-31(21(2)19-32)36(33,34)27-13-10-22(7-6-14-29(3)4)15-25(27)35-26(20)18-30(5)17-23-8-11-24(28)12-9-23/h8-13,15,20-21,26,32H,14,16-19H2,1-5H3/t20-,21-,26-/m0/s1. The molecule has 0 aliphatic carbocycles. The fourth-order valence-corrected chi connectivity index (χ4v) is 5.92. The van der Waals surface area contributed by atoms with Crippen LogP contribution in [-0.2, 0) is 16.6 Å². The van der Waals surface area contributed by atoms with Crippen molar-refractivity contribution in [3.05, 3.63) is 59.4 Å². The molecule has 1 aliphatic heterocycles. The van der Waals surface area contributed by atoms with E-state index in [2.05, 4.69) is 16.7 Å². The Morgan fingerprint density at radius 2 is 1.89 bits per heavy atom. The summed E-state index contributed by atoms with van der Waals surface area (Å²) in [5.74, 6) is 5.96. The average molecular weight is 518 g/mol. The van der Waals surface area contributed by atoms with Crippen molar-refractivity contribution >= 4 is 10.0 Å². The van der Waals surface area contributed by atoms with Gasteiger partial charge < -0.3 is 9.84 Å². The van der Waals surface area contributed by atoms with Crippen molar-refractivity contribution in [3.8, 4) is 17.6 Å². The molecule has 0 saturated heterocycles. The molecule has 0 amide bonds. The number of hydrogen-bond acceptors (Lipinski definition) is 6. The second-order valence-corrected chi connectivity index (χ2v) is 11.6. The summed E-state index contributed by atoms with van der Waals surface area (Å²) in [6.45, 7) is 5.26. The molecule has 36 heavy (non-hydrogen) atoms. The first-order valence-electron chi connectivity index (χ1n) is 12.0. The summed E-state index contributed by atoms with van der Waals surface area (Å²) < 4.78 is 48.2. The van der Waals surface area contributed by atoms with E-state index in [1.54, 1.807) is 31.2 Å². The van der Waals surface area contributed by atoms with Crippen molar-refractivity contribution in [2.75, 3.05) is 47.4 Å². The molecule has 196 valence electrons. The van der Waals surface area contributed by atoms with E-state index >= 15 is 0 Å². The fraction of sp³-hybridized carbons (Fsp3) is 0.481. The third-order valence-corrected chi connectivity index (χ3v) is 8.17. The van der Waals surface area contributed by atoms with Crippen molar-refractivity contribution in [1.82, 2.24) is 14.1 Å². The number of sulfonamides is 1. The molecule has 0 radical (unpaired) electrons. The number of benzene rings is 2. The molecule has 1 N–H and O–H groups in total. The Hall–Kier alpha value is -2.48. The minimum atomic E-state index is -3.90. The number of likely N-dealkylation sites (N-methyl/N-ethyl adjacent to an activating group) is 1. The molecule has 1 heterocycles. The molecule has 0 unspecified atom stereocenters. The summed E-state index contributed by atoms with van der Waals surface area (Å²) in [6.07, 6.45) is -0.330. The topological polar surface area (TPSA) is 73.3 Å². The Balaban J connectivity index is 1.95. The van der Waals surface area contributed by atoms with Gasteiger partial charge in [-0.05, 0) is 64.0 Å². The van der Waals surface area contributed by atoms with Crippen LogP contribution in [0.5, 0.6) is 5.75 Å². The summed E-state index contributed by atoms with van der Waals surface area (Å²) in [5.41, 5.74) is 1.63. The van der Waals surface area contributed by atoms with Crippen LogP contribution in [0.3, 0.4) is 0 Å². The third kappa shape index (κ3) is 7.05. The first kappa shape index (κ1) is 28.1. The summed E-state index contributed by atoms with van der Waals surface area (Å²) in [7, 11) is 1.91. The average Bonchev–Trinajstić information content (AvgIpc) is 2.82. The van der Waals surface area contributed by atoms with Gasteiger partial charge in [-0.25, -0.2) is 12.8 Å². The van der Waals surface area contributed by atoms with E-state index in [9.17, 15) is 17.9 Å². The van der Waals surface area contributed by atoms with Gasteiger partial charge in [0.1, 0.15) is 22.6 Å². The van der Waals surface area contributed by atoms with E-state index in [4.69, 9.17) is 4.74 Å². The largest absolute Gasteiger partial charge is 0.487 e. The Morgan fingerprint density at radius 3 is 2.53 bits per heavy atom. The van der Waals surface area contributed by atoms with Crippen LogP contribution in [0.1, 0.15) is 25.0 Å². The highest BCUT2D eigenvalue weighted by molar-refractivity contribution is 7.89. The van der Waals surface area contributed by atoms with Crippen molar-refractivity contribution in [2.24, 2.45) is 5.92 Å². The van der Waals surface area contributed by atoms with Crippen LogP contribution in [-0.4, -0.2) is 87.2 Å². The van der Waals surface area contributed by atoms with Crippen LogP contribution in [0.15, 0.2) is 47.4 Å². The molecule has 0 saturated carbocycles. The maximum absolute atomic E-state index is 13.6. The van der Waals surface area contributed by atoms with Crippen LogP contribution in [0.25, 0.3) is 0 Å². The van der Waals surface area contributed by atoms with Gasteiger partial charge in [0.05, 0.1) is 13.2 Å². The number of aliphatic hydroxyl groups excluding tert-OH is 1. The summed E-state index contributed by atoms with van der Waals surface area (Å²) in [6, 6.07) is 10.7. The quantitative estimate of drug-likeness (QED) is 0.570. The van der Waals surface area contributed by atoms with Gasteiger partial charge in [0.2, 0.25) is 10.0 Å². The highest BCUT2D eigenvalue weighted by atomic mass is 32.2. The number of nitrogens with zero attached hydrogens (tertiary/aromatic N) is 3. The molecule has 2 aromatic rings. The van der Waals surface area contributed by atoms with E-state index in [1.807, 2.05) is 33.0 Å². The molecule has 2 aromatic carbocycles. The summed E-state index contributed by atoms with van der Waals surface area (Å²) in [5, 5.41) is 9.80. The highest BCUT2D eigenvalue weighted by Gasteiger charge is 2.38. The Morgan fingerprint density at radius 1 is 1.19 bits per heavy atom. The lowest BCUT2D eigenvalue weighted by Gasteiger charge is -2.37. The van der Waals surface area contributed by atoms with Gasteiger partial charge >= 0.3 is 0 Å². The van der Waals surface area contributed by atoms with Crippen LogP contribution in [0.4, 0.5) is 4.39 Å². The minimum absolute atomic E-state index is 0.0686. The molecule has 0 fully saturated rings. The smallest absolute Gasteiger partial charge is 0.247 e. The van der Waals surface area contributed by atoms with Crippen LogP contribution in [0, 0.1) is 23.6 Å². The zero-order valence-electron chi connectivity index (χ0n) is 21.6. The molecule has 0 aromatic heterocycles. The van der Waals surface area contributed by atoms with E-state index < -0.39 is 16.1 Å². The van der Waals surface area contributed by atoms with Crippen LogP contribution in [0.2, 0.25) is 0 Å². The summed E-state index contributed by atoms with van der Waals surface area (Å²) in [4.78, 5) is 4.09. The van der Waals surface area contributed by atoms with Gasteiger partial charge in [0.25, 0.3) is 0 Å². The fourth-order valence-electron chi connectivity index (χ4n) is 4.09. The molecule has 0 spiro atoms. The maximum atomic E-state index is 13.6. The van der Waals surface area contributed by atoms with Crippen molar-refractivity contribution in [2.45, 2.75) is 37.4 Å². The van der Waals surface area contributed by atoms with Crippen molar-refractivity contribution in [1.29, 1.82) is 0 Å². The van der Waals surface area contributed by atoms with Gasteiger partial charge in [-0.1, -0.05) is 30.9 Å². The molecule has 9 heteroatoms. The van der Waals surface area contributed by atoms with Crippen molar-refractivity contribution in [3.63, 3.8) is 0 Å². The summed E-state index contributed by atoms with van der Waals surface area (Å²) >= 11 is 0. The molecule has 7 nitrogen and oxygen atoms in total. The third-order valence-electron chi connectivity index (χ3n) is 6.15. The Labute approximate surface area is 214 Å². The molecular formula is C27H36FN3O4S. The lowest BCUT2D eigenvalue weighted by Crippen LogP contribution is -2.49. The second kappa shape index (κ2) is 12.2. The van der Waals surface area contributed by atoms with E-state index in [1.165, 1.54) is 22.5 Å². The molecule has 3 atom stereocenters. The number of fused-ring (bicyclic) bond motifs is 1. The first-order chi connectivity index (χ1) is 17.0. The zero-order valence-corrected chi connectivity index (χ0v) is 22.4. The van der Waals surface area contributed by atoms with E-state index in [0.29, 0.717) is 25.2 Å². The normalized spacial score (nSPS) is 20.6. The first-order valence-corrected chi connectivity index (χ1v) is 13.4. The maximum Gasteiger partial charge on any atom is 0.247 e. The molecule has 1 aliphatic rings. The molecular weight excluding hydrogens is 481 g/mol. The van der Waals surface area contributed by atoms with Gasteiger partial charge in [-0.2, -0.15) is 4.31 Å². The number of aliphatic hydroxyl groups is 1. The van der Waals surface area contributed by atoms with Crippen LogP contribution >= 0.6 is 0 Å². The van der Waals surface area contributed by atoms with Gasteiger partial charge in [-0.3, -0.25) is 9.80 Å². The van der Waals surface area contributed by atoms with Gasteiger partial charge in [-0.15, -0.1) is 0 Å². The predicted molar refractivity (Wildman–Crippen MR) is 139 cm³/mol.